The quantitative estimate of drug-likeness (QED) is 0.159. The number of hydrogen-bond donors (Lipinski definition) is 0. The first-order valence-electron chi connectivity index (χ1n) is 13.8. The van der Waals surface area contributed by atoms with Gasteiger partial charge in [0.1, 0.15) is 0 Å². The summed E-state index contributed by atoms with van der Waals surface area (Å²) in [6.07, 6.45) is 0. The lowest BCUT2D eigenvalue weighted by molar-refractivity contribution is 1.18. The predicted octanol–water partition coefficient (Wildman–Crippen LogP) is 9.25. The summed E-state index contributed by atoms with van der Waals surface area (Å²) in [5, 5.41) is 7.29. The summed E-state index contributed by atoms with van der Waals surface area (Å²) >= 11 is 0. The Kier molecular flexibility index (Phi) is 5.16. The molecule has 0 aliphatic rings. The Hall–Kier alpha value is -5.48. The van der Waals surface area contributed by atoms with E-state index in [1.807, 2.05) is 0 Å². The number of para-hydroxylation sites is 2. The van der Waals surface area contributed by atoms with Gasteiger partial charge >= 0.3 is 0 Å². The Morgan fingerprint density at radius 2 is 1.20 bits per heavy atom. The van der Waals surface area contributed by atoms with Gasteiger partial charge in [-0.05, 0) is 77.1 Å². The van der Waals surface area contributed by atoms with Crippen molar-refractivity contribution in [2.75, 3.05) is 7.05 Å². The lowest BCUT2D eigenvalue weighted by Crippen LogP contribution is -2.08. The van der Waals surface area contributed by atoms with Gasteiger partial charge in [-0.25, -0.2) is 4.99 Å². The van der Waals surface area contributed by atoms with Gasteiger partial charge in [-0.2, -0.15) is 0 Å². The molecule has 0 atom stereocenters. The zero-order valence-electron chi connectivity index (χ0n) is 22.6. The zero-order chi connectivity index (χ0) is 27.5. The maximum absolute atomic E-state index is 4.45. The van der Waals surface area contributed by atoms with Crippen LogP contribution in [0.5, 0.6) is 0 Å². The number of aliphatic imine (C=N–C) groups is 2. The molecular weight excluding hydrogens is 500 g/mol. The second-order valence-electron chi connectivity index (χ2n) is 10.3. The first-order valence-corrected chi connectivity index (χ1v) is 13.8. The van der Waals surface area contributed by atoms with Crippen LogP contribution in [0.15, 0.2) is 137 Å². The highest BCUT2D eigenvalue weighted by molar-refractivity contribution is 6.24. The third-order valence-electron chi connectivity index (χ3n) is 8.22. The Balaban J connectivity index is 1.41. The van der Waals surface area contributed by atoms with Crippen molar-refractivity contribution in [1.29, 1.82) is 0 Å². The highest BCUT2D eigenvalue weighted by Gasteiger charge is 2.18. The molecule has 41 heavy (non-hydrogen) atoms. The fourth-order valence-electron chi connectivity index (χ4n) is 6.43. The monoisotopic (exact) mass is 526 g/mol. The van der Waals surface area contributed by atoms with Gasteiger partial charge in [0.25, 0.3) is 0 Å². The van der Waals surface area contributed by atoms with Crippen LogP contribution in [0.2, 0.25) is 0 Å². The molecule has 4 heteroatoms. The van der Waals surface area contributed by atoms with Crippen LogP contribution in [-0.2, 0) is 0 Å². The minimum Gasteiger partial charge on any atom is -0.309 e. The average molecular weight is 527 g/mol. The van der Waals surface area contributed by atoms with Gasteiger partial charge in [-0.3, -0.25) is 9.56 Å². The molecule has 4 nitrogen and oxygen atoms in total. The number of benzene rings is 6. The predicted molar refractivity (Wildman–Crippen MR) is 175 cm³/mol. The van der Waals surface area contributed by atoms with E-state index in [0.717, 1.165) is 16.7 Å². The lowest BCUT2D eigenvalue weighted by Gasteiger charge is -2.08. The molecule has 0 radical (unpaired) electrons. The van der Waals surface area contributed by atoms with Crippen LogP contribution in [0.4, 0.5) is 0 Å². The average Bonchev–Trinajstić information content (AvgIpc) is 3.55. The van der Waals surface area contributed by atoms with Gasteiger partial charge in [0.15, 0.2) is 0 Å². The van der Waals surface area contributed by atoms with Crippen molar-refractivity contribution in [1.82, 2.24) is 9.13 Å². The van der Waals surface area contributed by atoms with E-state index < -0.39 is 0 Å². The highest BCUT2D eigenvalue weighted by atomic mass is 15.2. The maximum Gasteiger partial charge on any atom is 0.229 e. The van der Waals surface area contributed by atoms with E-state index in [9.17, 15) is 0 Å². The van der Waals surface area contributed by atoms with E-state index in [1.54, 1.807) is 7.05 Å². The first kappa shape index (κ1) is 23.4. The van der Waals surface area contributed by atoms with Gasteiger partial charge in [0.2, 0.25) is 5.96 Å². The maximum atomic E-state index is 4.45. The van der Waals surface area contributed by atoms with Crippen molar-refractivity contribution >= 4 is 67.1 Å². The van der Waals surface area contributed by atoms with E-state index in [4.69, 9.17) is 0 Å². The molecule has 0 saturated heterocycles. The van der Waals surface area contributed by atoms with Crippen LogP contribution in [0.1, 0.15) is 0 Å². The van der Waals surface area contributed by atoms with Crippen LogP contribution in [0.25, 0.3) is 71.2 Å². The van der Waals surface area contributed by atoms with E-state index in [-0.39, 0.29) is 0 Å². The fraction of sp³-hybridized carbons (Fsp3) is 0.0270. The molecule has 0 N–H and O–H groups in total. The van der Waals surface area contributed by atoms with Gasteiger partial charge in [0.05, 0.1) is 22.1 Å². The molecule has 194 valence electrons. The summed E-state index contributed by atoms with van der Waals surface area (Å²) in [5.41, 5.74) is 8.06. The molecule has 0 amide bonds. The van der Waals surface area contributed by atoms with Crippen LogP contribution in [0, 0.1) is 0 Å². The number of nitrogens with zero attached hydrogens (tertiary/aromatic N) is 4. The number of fused-ring (bicyclic) bond motifs is 8. The van der Waals surface area contributed by atoms with Crippen LogP contribution >= 0.6 is 0 Å². The summed E-state index contributed by atoms with van der Waals surface area (Å²) in [5.74, 6) is 0.586. The Labute approximate surface area is 237 Å². The largest absolute Gasteiger partial charge is 0.309 e. The molecular formula is C37H26N4. The summed E-state index contributed by atoms with van der Waals surface area (Å²) in [6.45, 7) is 3.80. The number of aromatic nitrogens is 2. The zero-order valence-corrected chi connectivity index (χ0v) is 22.6. The minimum atomic E-state index is 0.586. The van der Waals surface area contributed by atoms with Crippen molar-refractivity contribution in [2.45, 2.75) is 0 Å². The summed E-state index contributed by atoms with van der Waals surface area (Å²) in [4.78, 5) is 8.71. The first-order chi connectivity index (χ1) is 20.3. The number of rotatable bonds is 2. The molecule has 0 saturated carbocycles. The van der Waals surface area contributed by atoms with Gasteiger partial charge < -0.3 is 4.57 Å². The van der Waals surface area contributed by atoms with E-state index in [2.05, 4.69) is 153 Å². The minimum absolute atomic E-state index is 0.586. The number of hydrogen-bond acceptors (Lipinski definition) is 1. The van der Waals surface area contributed by atoms with Crippen molar-refractivity contribution in [2.24, 2.45) is 9.98 Å². The van der Waals surface area contributed by atoms with Crippen molar-refractivity contribution < 1.29 is 0 Å². The van der Waals surface area contributed by atoms with E-state index in [0.29, 0.717) is 5.96 Å². The SMILES string of the molecule is C=NC(=NC)n1c2ccc(-c3ccc4c(c3)c3ccccc3n4-c3ccccc3)cc2c2c3ccccc3ccc21. The second-order valence-corrected chi connectivity index (χ2v) is 10.3. The molecule has 2 heterocycles. The molecule has 0 fully saturated rings. The molecule has 8 aromatic rings. The molecule has 0 unspecified atom stereocenters. The van der Waals surface area contributed by atoms with Crippen molar-refractivity contribution in [3.63, 3.8) is 0 Å². The molecule has 8 rings (SSSR count). The summed E-state index contributed by atoms with van der Waals surface area (Å²) < 4.78 is 4.47. The van der Waals surface area contributed by atoms with Gasteiger partial charge in [-0.1, -0.05) is 78.9 Å². The molecule has 0 spiro atoms. The molecule has 0 aliphatic carbocycles. The summed E-state index contributed by atoms with van der Waals surface area (Å²) in [7, 11) is 1.76. The van der Waals surface area contributed by atoms with Crippen molar-refractivity contribution in [3.05, 3.63) is 127 Å². The third kappa shape index (κ3) is 3.41. The molecule has 0 aliphatic heterocycles. The van der Waals surface area contributed by atoms with Crippen molar-refractivity contribution in [3.8, 4) is 16.8 Å². The lowest BCUT2D eigenvalue weighted by atomic mass is 9.99. The highest BCUT2D eigenvalue weighted by Crippen LogP contribution is 2.39. The molecule has 6 aromatic carbocycles. The van der Waals surface area contributed by atoms with E-state index >= 15 is 0 Å². The normalized spacial score (nSPS) is 12.3. The molecule has 2 aromatic heterocycles. The van der Waals surface area contributed by atoms with E-state index in [1.165, 1.54) is 54.5 Å². The standard InChI is InChI=1S/C37H26N4/c1-38-37(39-2)41-34-20-18-26(23-31(34)36-28-13-7-6-10-24(28)16-21-35(36)41)25-17-19-33-30(22-25)29-14-8-9-15-32(29)40(33)27-11-4-3-5-12-27/h3-23H,1H2,2H3. The van der Waals surface area contributed by atoms with Crippen LogP contribution < -0.4 is 0 Å². The van der Waals surface area contributed by atoms with Crippen LogP contribution in [0.3, 0.4) is 0 Å². The Morgan fingerprint density at radius 3 is 1.98 bits per heavy atom. The molecule has 0 bridgehead atoms. The topological polar surface area (TPSA) is 34.6 Å². The Morgan fingerprint density at radius 1 is 0.561 bits per heavy atom. The fourth-order valence-corrected chi connectivity index (χ4v) is 6.43. The smallest absolute Gasteiger partial charge is 0.229 e. The second kappa shape index (κ2) is 9.04. The third-order valence-corrected chi connectivity index (χ3v) is 8.22. The van der Waals surface area contributed by atoms with Gasteiger partial charge in [0, 0.05) is 34.3 Å². The van der Waals surface area contributed by atoms with Gasteiger partial charge in [-0.15, -0.1) is 0 Å². The van der Waals surface area contributed by atoms with Crippen LogP contribution in [-0.4, -0.2) is 28.9 Å². The summed E-state index contributed by atoms with van der Waals surface area (Å²) in [6, 6.07) is 45.7. The Bertz CT molecular complexity index is 2340.